The maximum atomic E-state index is 11.7. The Labute approximate surface area is 151 Å². The highest BCUT2D eigenvalue weighted by Crippen LogP contribution is 2.29. The van der Waals surface area contributed by atoms with E-state index in [-0.39, 0.29) is 12.0 Å². The van der Waals surface area contributed by atoms with Crippen LogP contribution in [0.3, 0.4) is 0 Å². The number of para-hydroxylation sites is 1. The highest BCUT2D eigenvalue weighted by atomic mass is 32.1. The second kappa shape index (κ2) is 7.76. The number of carboxylic acid groups (broad SMARTS) is 1. The van der Waals surface area contributed by atoms with Gasteiger partial charge in [0.05, 0.1) is 15.2 Å². The van der Waals surface area contributed by atoms with Gasteiger partial charge in [-0.1, -0.05) is 49.4 Å². The van der Waals surface area contributed by atoms with Gasteiger partial charge in [-0.2, -0.15) is 0 Å². The molecule has 2 N–H and O–H groups in total. The maximum absolute atomic E-state index is 11.7. The summed E-state index contributed by atoms with van der Waals surface area (Å²) in [5.41, 5.74) is 2.02. The number of nitrogens with one attached hydrogen (secondary N) is 1. The van der Waals surface area contributed by atoms with Crippen LogP contribution in [0.15, 0.2) is 54.6 Å². The van der Waals surface area contributed by atoms with E-state index in [0.717, 1.165) is 20.8 Å². The van der Waals surface area contributed by atoms with E-state index < -0.39 is 12.0 Å². The van der Waals surface area contributed by atoms with Crippen molar-refractivity contribution >= 4 is 27.5 Å². The van der Waals surface area contributed by atoms with Crippen molar-refractivity contribution in [3.63, 3.8) is 0 Å². The van der Waals surface area contributed by atoms with E-state index in [2.05, 4.69) is 18.3 Å². The molecule has 1 aromatic heterocycles. The van der Waals surface area contributed by atoms with Gasteiger partial charge < -0.3 is 10.4 Å². The summed E-state index contributed by atoms with van der Waals surface area (Å²) in [6.45, 7) is 4.12. The van der Waals surface area contributed by atoms with Gasteiger partial charge in [0.15, 0.2) is 0 Å². The van der Waals surface area contributed by atoms with Crippen LogP contribution in [-0.2, 0) is 11.2 Å². The molecule has 4 nitrogen and oxygen atoms in total. The largest absolute Gasteiger partial charge is 0.480 e. The second-order valence-electron chi connectivity index (χ2n) is 6.34. The Morgan fingerprint density at radius 3 is 2.48 bits per heavy atom. The number of aromatic nitrogens is 1. The number of carboxylic acids is 1. The highest BCUT2D eigenvalue weighted by Gasteiger charge is 2.25. The summed E-state index contributed by atoms with van der Waals surface area (Å²) < 4.78 is 1.16. The van der Waals surface area contributed by atoms with E-state index in [1.807, 2.05) is 55.5 Å². The van der Waals surface area contributed by atoms with Gasteiger partial charge in [-0.3, -0.25) is 4.79 Å². The average molecular weight is 354 g/mol. The second-order valence-corrected chi connectivity index (χ2v) is 7.41. The van der Waals surface area contributed by atoms with Crippen LogP contribution in [0.4, 0.5) is 0 Å². The highest BCUT2D eigenvalue weighted by molar-refractivity contribution is 7.18. The Balaban J connectivity index is 1.71. The lowest BCUT2D eigenvalue weighted by Crippen LogP contribution is -2.45. The van der Waals surface area contributed by atoms with E-state index in [4.69, 9.17) is 4.98 Å². The lowest BCUT2D eigenvalue weighted by atomic mass is 10.0. The first-order valence-electron chi connectivity index (χ1n) is 8.43. The van der Waals surface area contributed by atoms with Crippen molar-refractivity contribution < 1.29 is 9.90 Å². The minimum Gasteiger partial charge on any atom is -0.480 e. The molecule has 3 aromatic rings. The van der Waals surface area contributed by atoms with Gasteiger partial charge in [-0.15, -0.1) is 11.3 Å². The fourth-order valence-corrected chi connectivity index (χ4v) is 3.95. The third-order valence-electron chi connectivity index (χ3n) is 4.49. The number of fused-ring (bicyclic) bond motifs is 1. The fraction of sp³-hybridized carbons (Fsp3) is 0.300. The van der Waals surface area contributed by atoms with E-state index in [1.54, 1.807) is 11.3 Å². The Morgan fingerprint density at radius 2 is 1.80 bits per heavy atom. The minimum atomic E-state index is -0.827. The SMILES string of the molecule is CC(N[C@@H](Cc1ccccc1)C(=O)O)C(C)c1nc2ccccc2s1. The third kappa shape index (κ3) is 4.24. The number of aliphatic carboxylic acids is 1. The monoisotopic (exact) mass is 354 g/mol. The molecule has 2 unspecified atom stereocenters. The summed E-state index contributed by atoms with van der Waals surface area (Å²) in [6.07, 6.45) is 0.465. The third-order valence-corrected chi connectivity index (χ3v) is 5.73. The first-order chi connectivity index (χ1) is 12.0. The van der Waals surface area contributed by atoms with Gasteiger partial charge in [-0.05, 0) is 31.0 Å². The van der Waals surface area contributed by atoms with Crippen molar-refractivity contribution in [3.05, 3.63) is 65.2 Å². The first kappa shape index (κ1) is 17.6. The van der Waals surface area contributed by atoms with Gasteiger partial charge >= 0.3 is 5.97 Å². The Kier molecular flexibility index (Phi) is 5.46. The summed E-state index contributed by atoms with van der Waals surface area (Å²) in [5, 5.41) is 13.9. The van der Waals surface area contributed by atoms with Gasteiger partial charge in [0, 0.05) is 12.0 Å². The molecule has 25 heavy (non-hydrogen) atoms. The van der Waals surface area contributed by atoms with Crippen LogP contribution >= 0.6 is 11.3 Å². The fourth-order valence-electron chi connectivity index (χ4n) is 2.83. The van der Waals surface area contributed by atoms with E-state index in [9.17, 15) is 9.90 Å². The normalized spacial score (nSPS) is 15.0. The maximum Gasteiger partial charge on any atom is 0.321 e. The predicted octanol–water partition coefficient (Wildman–Crippen LogP) is 4.07. The van der Waals surface area contributed by atoms with Crippen LogP contribution in [0.5, 0.6) is 0 Å². The van der Waals surface area contributed by atoms with Crippen molar-refractivity contribution in [2.75, 3.05) is 0 Å². The summed E-state index contributed by atoms with van der Waals surface area (Å²) >= 11 is 1.67. The molecule has 5 heteroatoms. The topological polar surface area (TPSA) is 62.2 Å². The average Bonchev–Trinajstić information content (AvgIpc) is 3.05. The smallest absolute Gasteiger partial charge is 0.321 e. The van der Waals surface area contributed by atoms with Crippen molar-refractivity contribution in [3.8, 4) is 0 Å². The number of nitrogens with zero attached hydrogens (tertiary/aromatic N) is 1. The van der Waals surface area contributed by atoms with Crippen LogP contribution in [-0.4, -0.2) is 28.1 Å². The van der Waals surface area contributed by atoms with Gasteiger partial charge in [-0.25, -0.2) is 4.98 Å². The van der Waals surface area contributed by atoms with E-state index in [1.165, 1.54) is 0 Å². The molecular weight excluding hydrogens is 332 g/mol. The van der Waals surface area contributed by atoms with Gasteiger partial charge in [0.25, 0.3) is 0 Å². The van der Waals surface area contributed by atoms with Crippen LogP contribution < -0.4 is 5.32 Å². The summed E-state index contributed by atoms with van der Waals surface area (Å²) in [4.78, 5) is 16.4. The zero-order chi connectivity index (χ0) is 17.8. The van der Waals surface area contributed by atoms with Gasteiger partial charge in [0.1, 0.15) is 6.04 Å². The number of hydrogen-bond acceptors (Lipinski definition) is 4. The lowest BCUT2D eigenvalue weighted by molar-refractivity contribution is -0.139. The molecule has 0 bridgehead atoms. The molecule has 1 heterocycles. The van der Waals surface area contributed by atoms with Crippen LogP contribution in [0, 0.1) is 0 Å². The molecule has 0 spiro atoms. The Morgan fingerprint density at radius 1 is 1.12 bits per heavy atom. The molecule has 0 fully saturated rings. The van der Waals surface area contributed by atoms with Crippen molar-refractivity contribution in [2.24, 2.45) is 0 Å². The molecule has 0 radical (unpaired) electrons. The number of benzene rings is 2. The number of hydrogen-bond donors (Lipinski definition) is 2. The predicted molar refractivity (Wildman–Crippen MR) is 102 cm³/mol. The quantitative estimate of drug-likeness (QED) is 0.671. The lowest BCUT2D eigenvalue weighted by Gasteiger charge is -2.24. The number of rotatable bonds is 7. The number of thiazole rings is 1. The molecule has 2 aromatic carbocycles. The standard InChI is InChI=1S/C20H22N2O2S/c1-13(19-22-16-10-6-7-11-18(16)25-19)14(2)21-17(20(23)24)12-15-8-4-3-5-9-15/h3-11,13-14,17,21H,12H2,1-2H3,(H,23,24)/t13?,14?,17-/m0/s1. The Hall–Kier alpha value is -2.24. The summed E-state index contributed by atoms with van der Waals surface area (Å²) in [5.74, 6) is -0.692. The van der Waals surface area contributed by atoms with E-state index in [0.29, 0.717) is 6.42 Å². The summed E-state index contributed by atoms with van der Waals surface area (Å²) in [6, 6.07) is 17.2. The molecular formula is C20H22N2O2S. The number of carbonyl (C=O) groups is 1. The molecule has 0 amide bonds. The molecule has 130 valence electrons. The van der Waals surface area contributed by atoms with Crippen LogP contribution in [0.1, 0.15) is 30.3 Å². The molecule has 0 aliphatic heterocycles. The van der Waals surface area contributed by atoms with E-state index >= 15 is 0 Å². The van der Waals surface area contributed by atoms with Gasteiger partial charge in [0.2, 0.25) is 0 Å². The minimum absolute atomic E-state index is 0.00498. The Bertz CT molecular complexity index is 814. The zero-order valence-corrected chi connectivity index (χ0v) is 15.2. The van der Waals surface area contributed by atoms with Crippen molar-refractivity contribution in [1.82, 2.24) is 10.3 Å². The van der Waals surface area contributed by atoms with Crippen molar-refractivity contribution in [1.29, 1.82) is 0 Å². The summed E-state index contributed by atoms with van der Waals surface area (Å²) in [7, 11) is 0. The van der Waals surface area contributed by atoms with Crippen LogP contribution in [0.25, 0.3) is 10.2 Å². The molecule has 0 saturated carbocycles. The molecule has 3 atom stereocenters. The first-order valence-corrected chi connectivity index (χ1v) is 9.24. The van der Waals surface area contributed by atoms with Crippen molar-refractivity contribution in [2.45, 2.75) is 38.3 Å². The molecule has 0 saturated heterocycles. The molecule has 0 aliphatic carbocycles. The molecule has 3 rings (SSSR count). The zero-order valence-electron chi connectivity index (χ0n) is 14.3. The van der Waals surface area contributed by atoms with Crippen LogP contribution in [0.2, 0.25) is 0 Å². The molecule has 0 aliphatic rings.